The molecular weight excluding hydrogens is 270 g/mol. The topological polar surface area (TPSA) is 29.9 Å². The Bertz CT molecular complexity index is 387. The van der Waals surface area contributed by atoms with E-state index in [0.29, 0.717) is 11.4 Å². The quantitative estimate of drug-likeness (QED) is 0.767. The standard InChI is InChI=1S/C16H28ClN3/c1-3-16(4-2)20-9-8-15(19-20)12-18-11-13-6-5-7-14(17)10-13/h8-9,13-14,16,18H,3-7,10-12H2,1-2H3. The van der Waals surface area contributed by atoms with Crippen LogP contribution in [0, 0.1) is 5.92 Å². The molecule has 2 atom stereocenters. The van der Waals surface area contributed by atoms with Crippen LogP contribution in [0.2, 0.25) is 0 Å². The number of rotatable bonds is 7. The SMILES string of the molecule is CCC(CC)n1ccc(CNCC2CCCC(Cl)C2)n1. The van der Waals surface area contributed by atoms with Crippen molar-refractivity contribution in [1.82, 2.24) is 15.1 Å². The van der Waals surface area contributed by atoms with Gasteiger partial charge in [0.25, 0.3) is 0 Å². The monoisotopic (exact) mass is 297 g/mol. The third-order valence-corrected chi connectivity index (χ3v) is 4.83. The van der Waals surface area contributed by atoms with Crippen molar-refractivity contribution in [2.75, 3.05) is 6.54 Å². The zero-order valence-electron chi connectivity index (χ0n) is 12.8. The van der Waals surface area contributed by atoms with Gasteiger partial charge in [0.15, 0.2) is 0 Å². The highest BCUT2D eigenvalue weighted by molar-refractivity contribution is 6.20. The Balaban J connectivity index is 1.74. The second kappa shape index (κ2) is 8.04. The van der Waals surface area contributed by atoms with Crippen LogP contribution >= 0.6 is 11.6 Å². The first-order valence-electron chi connectivity index (χ1n) is 8.11. The summed E-state index contributed by atoms with van der Waals surface area (Å²) in [5.74, 6) is 0.743. The lowest BCUT2D eigenvalue weighted by Crippen LogP contribution is -2.27. The van der Waals surface area contributed by atoms with Gasteiger partial charge >= 0.3 is 0 Å². The Morgan fingerprint density at radius 2 is 2.20 bits per heavy atom. The van der Waals surface area contributed by atoms with Gasteiger partial charge in [-0.25, -0.2) is 0 Å². The summed E-state index contributed by atoms with van der Waals surface area (Å²) in [5.41, 5.74) is 1.15. The van der Waals surface area contributed by atoms with E-state index in [9.17, 15) is 0 Å². The molecule has 1 fully saturated rings. The van der Waals surface area contributed by atoms with E-state index in [0.717, 1.165) is 44.0 Å². The lowest BCUT2D eigenvalue weighted by atomic mass is 9.89. The van der Waals surface area contributed by atoms with E-state index in [1.165, 1.54) is 19.3 Å². The first kappa shape index (κ1) is 15.8. The number of nitrogens with zero attached hydrogens (tertiary/aromatic N) is 2. The van der Waals surface area contributed by atoms with Gasteiger partial charge in [-0.1, -0.05) is 20.3 Å². The van der Waals surface area contributed by atoms with Gasteiger partial charge in [-0.15, -0.1) is 11.6 Å². The van der Waals surface area contributed by atoms with Crippen LogP contribution in [-0.2, 0) is 6.54 Å². The molecule has 4 heteroatoms. The molecule has 0 bridgehead atoms. The molecule has 2 unspecified atom stereocenters. The number of aromatic nitrogens is 2. The summed E-state index contributed by atoms with van der Waals surface area (Å²) in [6, 6.07) is 2.68. The molecular formula is C16H28ClN3. The molecule has 2 rings (SSSR count). The maximum absolute atomic E-state index is 6.23. The van der Waals surface area contributed by atoms with Crippen LogP contribution in [0.1, 0.15) is 64.1 Å². The van der Waals surface area contributed by atoms with Gasteiger partial charge in [0.2, 0.25) is 0 Å². The normalized spacial score (nSPS) is 23.4. The van der Waals surface area contributed by atoms with Crippen LogP contribution in [-0.4, -0.2) is 21.7 Å². The number of hydrogen-bond acceptors (Lipinski definition) is 2. The zero-order valence-corrected chi connectivity index (χ0v) is 13.6. The molecule has 20 heavy (non-hydrogen) atoms. The summed E-state index contributed by atoms with van der Waals surface area (Å²) >= 11 is 6.23. The minimum Gasteiger partial charge on any atom is -0.311 e. The van der Waals surface area contributed by atoms with Gasteiger partial charge in [0.05, 0.1) is 11.7 Å². The summed E-state index contributed by atoms with van der Waals surface area (Å²) in [4.78, 5) is 0. The van der Waals surface area contributed by atoms with Crippen molar-refractivity contribution >= 4 is 11.6 Å². The average molecular weight is 298 g/mol. The predicted octanol–water partition coefficient (Wildman–Crippen LogP) is 4.13. The molecule has 0 spiro atoms. The van der Waals surface area contributed by atoms with Crippen LogP contribution < -0.4 is 5.32 Å². The lowest BCUT2D eigenvalue weighted by molar-refractivity contribution is 0.345. The molecule has 3 nitrogen and oxygen atoms in total. The number of hydrogen-bond donors (Lipinski definition) is 1. The molecule has 1 N–H and O–H groups in total. The van der Waals surface area contributed by atoms with E-state index in [4.69, 9.17) is 11.6 Å². The molecule has 1 aliphatic rings. The maximum atomic E-state index is 6.23. The fourth-order valence-electron chi connectivity index (χ4n) is 3.15. The fourth-order valence-corrected chi connectivity index (χ4v) is 3.56. The van der Waals surface area contributed by atoms with Gasteiger partial charge in [0.1, 0.15) is 0 Å². The molecule has 1 saturated carbocycles. The minimum atomic E-state index is 0.393. The van der Waals surface area contributed by atoms with Gasteiger partial charge in [-0.3, -0.25) is 4.68 Å². The van der Waals surface area contributed by atoms with Crippen molar-refractivity contribution in [3.8, 4) is 0 Å². The number of nitrogens with one attached hydrogen (secondary N) is 1. The average Bonchev–Trinajstić information content (AvgIpc) is 2.89. The van der Waals surface area contributed by atoms with Crippen LogP contribution in [0.15, 0.2) is 12.3 Å². The highest BCUT2D eigenvalue weighted by Gasteiger charge is 2.19. The lowest BCUT2D eigenvalue weighted by Gasteiger charge is -2.25. The van der Waals surface area contributed by atoms with Gasteiger partial charge in [-0.2, -0.15) is 5.10 Å². The highest BCUT2D eigenvalue weighted by Crippen LogP contribution is 2.27. The third-order valence-electron chi connectivity index (χ3n) is 4.44. The van der Waals surface area contributed by atoms with Crippen molar-refractivity contribution in [3.63, 3.8) is 0 Å². The van der Waals surface area contributed by atoms with Gasteiger partial charge in [0, 0.05) is 18.1 Å². The summed E-state index contributed by atoms with van der Waals surface area (Å²) < 4.78 is 2.12. The molecule has 114 valence electrons. The van der Waals surface area contributed by atoms with Crippen LogP contribution in [0.4, 0.5) is 0 Å². The molecule has 0 aliphatic heterocycles. The van der Waals surface area contributed by atoms with Crippen LogP contribution in [0.5, 0.6) is 0 Å². The van der Waals surface area contributed by atoms with Crippen molar-refractivity contribution in [2.45, 2.75) is 70.3 Å². The van der Waals surface area contributed by atoms with E-state index in [-0.39, 0.29) is 0 Å². The Morgan fingerprint density at radius 3 is 2.90 bits per heavy atom. The molecule has 1 aromatic rings. The van der Waals surface area contributed by atoms with Gasteiger partial charge < -0.3 is 5.32 Å². The largest absolute Gasteiger partial charge is 0.311 e. The Hall–Kier alpha value is -0.540. The Kier molecular flexibility index (Phi) is 6.37. The maximum Gasteiger partial charge on any atom is 0.0762 e. The van der Waals surface area contributed by atoms with E-state index in [1.54, 1.807) is 0 Å². The zero-order chi connectivity index (χ0) is 14.4. The molecule has 0 amide bonds. The molecule has 1 aromatic heterocycles. The third kappa shape index (κ3) is 4.49. The van der Waals surface area contributed by atoms with E-state index >= 15 is 0 Å². The number of alkyl halides is 1. The van der Waals surface area contributed by atoms with Crippen LogP contribution in [0.3, 0.4) is 0 Å². The summed E-state index contributed by atoms with van der Waals surface area (Å²) in [7, 11) is 0. The smallest absolute Gasteiger partial charge is 0.0762 e. The summed E-state index contributed by atoms with van der Waals surface area (Å²) in [6.45, 7) is 6.39. The first-order chi connectivity index (χ1) is 9.72. The van der Waals surface area contributed by atoms with Crippen molar-refractivity contribution in [3.05, 3.63) is 18.0 Å². The number of halogens is 1. The van der Waals surface area contributed by atoms with Crippen LogP contribution in [0.25, 0.3) is 0 Å². The fraction of sp³-hybridized carbons (Fsp3) is 0.812. The second-order valence-electron chi connectivity index (χ2n) is 6.02. The van der Waals surface area contributed by atoms with E-state index in [1.807, 2.05) is 0 Å². The predicted molar refractivity (Wildman–Crippen MR) is 85.2 cm³/mol. The molecule has 0 aromatic carbocycles. The molecule has 0 radical (unpaired) electrons. The molecule has 1 heterocycles. The van der Waals surface area contributed by atoms with Crippen molar-refractivity contribution in [2.24, 2.45) is 5.92 Å². The molecule has 1 aliphatic carbocycles. The molecule has 0 saturated heterocycles. The first-order valence-corrected chi connectivity index (χ1v) is 8.55. The van der Waals surface area contributed by atoms with Gasteiger partial charge in [-0.05, 0) is 50.6 Å². The summed E-state index contributed by atoms with van der Waals surface area (Å²) in [5, 5.41) is 8.62. The van der Waals surface area contributed by atoms with Crippen molar-refractivity contribution < 1.29 is 0 Å². The van der Waals surface area contributed by atoms with E-state index < -0.39 is 0 Å². The van der Waals surface area contributed by atoms with E-state index in [2.05, 4.69) is 41.2 Å². The highest BCUT2D eigenvalue weighted by atomic mass is 35.5. The van der Waals surface area contributed by atoms with Crippen molar-refractivity contribution in [1.29, 1.82) is 0 Å². The summed E-state index contributed by atoms with van der Waals surface area (Å²) in [6.07, 6.45) is 9.36. The Morgan fingerprint density at radius 1 is 1.40 bits per heavy atom. The minimum absolute atomic E-state index is 0.393. The Labute approximate surface area is 128 Å². The second-order valence-corrected chi connectivity index (χ2v) is 6.64.